The number of nitrogens with zero attached hydrogens (tertiary/aromatic N) is 3. The summed E-state index contributed by atoms with van der Waals surface area (Å²) in [4.78, 5) is 12.3. The smallest absolute Gasteiger partial charge is 0.234 e. The molecule has 2 aromatic carbocycles. The lowest BCUT2D eigenvalue weighted by atomic mass is 10.1. The zero-order valence-corrected chi connectivity index (χ0v) is 17.5. The molecule has 3 aromatic rings. The molecule has 0 spiro atoms. The van der Waals surface area contributed by atoms with Crippen LogP contribution in [0.25, 0.3) is 0 Å². The molecule has 146 valence electrons. The van der Waals surface area contributed by atoms with Crippen LogP contribution in [0.1, 0.15) is 25.2 Å². The molecule has 0 unspecified atom stereocenters. The lowest BCUT2D eigenvalue weighted by Gasteiger charge is -2.12. The van der Waals surface area contributed by atoms with Crippen molar-refractivity contribution in [3.05, 3.63) is 71.0 Å². The number of thioether (sulfide) groups is 1. The third kappa shape index (κ3) is 5.59. The van der Waals surface area contributed by atoms with Gasteiger partial charge in [-0.2, -0.15) is 0 Å². The van der Waals surface area contributed by atoms with Gasteiger partial charge in [0.2, 0.25) is 5.91 Å². The molecule has 0 saturated carbocycles. The zero-order chi connectivity index (χ0) is 19.9. The van der Waals surface area contributed by atoms with Gasteiger partial charge in [-0.1, -0.05) is 79.7 Å². The minimum absolute atomic E-state index is 0.123. The molecule has 1 aromatic heterocycles. The van der Waals surface area contributed by atoms with Gasteiger partial charge in [-0.05, 0) is 23.6 Å². The summed E-state index contributed by atoms with van der Waals surface area (Å²) >= 11 is 7.49. The fourth-order valence-electron chi connectivity index (χ4n) is 2.76. The number of carbonyl (C=O) groups excluding carboxylic acids is 1. The fraction of sp³-hybridized carbons (Fsp3) is 0.286. The highest BCUT2D eigenvalue weighted by atomic mass is 35.5. The predicted octanol–water partition coefficient (Wildman–Crippen LogP) is 4.91. The van der Waals surface area contributed by atoms with Crippen LogP contribution in [-0.2, 0) is 17.8 Å². The van der Waals surface area contributed by atoms with Crippen molar-refractivity contribution in [3.8, 4) is 0 Å². The highest BCUT2D eigenvalue weighted by Gasteiger charge is 2.16. The molecule has 0 aliphatic rings. The van der Waals surface area contributed by atoms with E-state index in [9.17, 15) is 4.79 Å². The number of hydrogen-bond donors (Lipinski definition) is 1. The van der Waals surface area contributed by atoms with Gasteiger partial charge < -0.3 is 9.88 Å². The summed E-state index contributed by atoms with van der Waals surface area (Å²) < 4.78 is 2.12. The average molecular weight is 415 g/mol. The third-order valence-corrected chi connectivity index (χ3v) is 5.32. The van der Waals surface area contributed by atoms with Crippen LogP contribution in [0, 0.1) is 5.92 Å². The third-order valence-electron chi connectivity index (χ3n) is 4.03. The van der Waals surface area contributed by atoms with Gasteiger partial charge >= 0.3 is 0 Å². The molecule has 1 heterocycles. The second-order valence-electron chi connectivity index (χ2n) is 6.88. The minimum Gasteiger partial charge on any atom is -0.324 e. The minimum atomic E-state index is -0.123. The Morgan fingerprint density at radius 3 is 2.54 bits per heavy atom. The number of para-hydroxylation sites is 1. The Kier molecular flexibility index (Phi) is 7.12. The molecule has 0 radical (unpaired) electrons. The molecule has 0 bridgehead atoms. The van der Waals surface area contributed by atoms with Crippen molar-refractivity contribution < 1.29 is 4.79 Å². The number of aromatic nitrogens is 3. The van der Waals surface area contributed by atoms with Gasteiger partial charge in [0.05, 0.1) is 16.5 Å². The van der Waals surface area contributed by atoms with Gasteiger partial charge in [0.25, 0.3) is 0 Å². The summed E-state index contributed by atoms with van der Waals surface area (Å²) in [6.45, 7) is 5.12. The summed E-state index contributed by atoms with van der Waals surface area (Å²) in [6.07, 6.45) is 0.715. The Bertz CT molecular complexity index is 927. The van der Waals surface area contributed by atoms with Crippen LogP contribution in [0.4, 0.5) is 5.69 Å². The molecule has 0 saturated heterocycles. The van der Waals surface area contributed by atoms with E-state index < -0.39 is 0 Å². The first-order valence-electron chi connectivity index (χ1n) is 9.16. The Hall–Kier alpha value is -2.31. The molecular weight excluding hydrogens is 392 g/mol. The summed E-state index contributed by atoms with van der Waals surface area (Å²) in [5.41, 5.74) is 1.80. The summed E-state index contributed by atoms with van der Waals surface area (Å²) in [5, 5.41) is 12.8. The van der Waals surface area contributed by atoms with E-state index in [-0.39, 0.29) is 11.7 Å². The van der Waals surface area contributed by atoms with Crippen molar-refractivity contribution in [2.75, 3.05) is 11.1 Å². The summed E-state index contributed by atoms with van der Waals surface area (Å²) in [6, 6.07) is 17.4. The van der Waals surface area contributed by atoms with Crippen LogP contribution in [-0.4, -0.2) is 26.4 Å². The molecule has 5 nitrogen and oxygen atoms in total. The maximum absolute atomic E-state index is 12.3. The molecule has 0 atom stereocenters. The van der Waals surface area contributed by atoms with E-state index in [0.29, 0.717) is 23.0 Å². The molecule has 0 fully saturated rings. The van der Waals surface area contributed by atoms with Crippen molar-refractivity contribution in [2.45, 2.75) is 32.0 Å². The number of carbonyl (C=O) groups is 1. The Balaban J connectivity index is 1.69. The van der Waals surface area contributed by atoms with Crippen molar-refractivity contribution >= 4 is 35.0 Å². The molecule has 1 amide bonds. The maximum Gasteiger partial charge on any atom is 0.234 e. The van der Waals surface area contributed by atoms with Crippen molar-refractivity contribution in [1.29, 1.82) is 0 Å². The van der Waals surface area contributed by atoms with E-state index in [4.69, 9.17) is 11.6 Å². The van der Waals surface area contributed by atoms with Crippen molar-refractivity contribution in [3.63, 3.8) is 0 Å². The van der Waals surface area contributed by atoms with Gasteiger partial charge in [0.1, 0.15) is 5.82 Å². The van der Waals surface area contributed by atoms with Crippen LogP contribution in [0.3, 0.4) is 0 Å². The van der Waals surface area contributed by atoms with E-state index in [1.165, 1.54) is 17.3 Å². The van der Waals surface area contributed by atoms with E-state index in [1.54, 1.807) is 12.1 Å². The van der Waals surface area contributed by atoms with Gasteiger partial charge in [-0.15, -0.1) is 10.2 Å². The number of nitrogens with one attached hydrogen (secondary N) is 1. The highest BCUT2D eigenvalue weighted by Crippen LogP contribution is 2.23. The topological polar surface area (TPSA) is 59.8 Å². The second-order valence-corrected chi connectivity index (χ2v) is 8.23. The first-order chi connectivity index (χ1) is 13.5. The largest absolute Gasteiger partial charge is 0.324 e. The fourth-order valence-corrected chi connectivity index (χ4v) is 3.71. The number of hydrogen-bond acceptors (Lipinski definition) is 4. The maximum atomic E-state index is 12.3. The lowest BCUT2D eigenvalue weighted by molar-refractivity contribution is -0.113. The summed E-state index contributed by atoms with van der Waals surface area (Å²) in [7, 11) is 0. The van der Waals surface area contributed by atoms with E-state index in [0.717, 1.165) is 17.5 Å². The van der Waals surface area contributed by atoms with E-state index in [2.05, 4.69) is 46.1 Å². The highest BCUT2D eigenvalue weighted by molar-refractivity contribution is 7.99. The van der Waals surface area contributed by atoms with Crippen LogP contribution >= 0.6 is 23.4 Å². The molecule has 28 heavy (non-hydrogen) atoms. The number of amides is 1. The zero-order valence-electron chi connectivity index (χ0n) is 15.9. The van der Waals surface area contributed by atoms with Crippen LogP contribution in [0.15, 0.2) is 59.8 Å². The monoisotopic (exact) mass is 414 g/mol. The number of rotatable bonds is 8. The number of halogens is 1. The molecular formula is C21H23ClN4OS. The van der Waals surface area contributed by atoms with Crippen LogP contribution in [0.2, 0.25) is 5.02 Å². The SMILES string of the molecule is CC(C)Cn1c(Cc2ccccc2)nnc1SCC(=O)Nc1ccccc1Cl. The standard InChI is InChI=1S/C21H23ClN4OS/c1-15(2)13-26-19(12-16-8-4-3-5-9-16)24-25-21(26)28-14-20(27)23-18-11-7-6-10-17(18)22/h3-11,15H,12-14H2,1-2H3,(H,23,27). The van der Waals surface area contributed by atoms with E-state index >= 15 is 0 Å². The first kappa shape index (κ1) is 20.4. The molecule has 7 heteroatoms. The molecule has 0 aliphatic heterocycles. The van der Waals surface area contributed by atoms with Crippen LogP contribution < -0.4 is 5.32 Å². The quantitative estimate of drug-likeness (QED) is 0.532. The molecule has 3 rings (SSSR count). The lowest BCUT2D eigenvalue weighted by Crippen LogP contribution is -2.16. The molecule has 1 N–H and O–H groups in total. The van der Waals surface area contributed by atoms with Crippen molar-refractivity contribution in [2.24, 2.45) is 5.92 Å². The average Bonchev–Trinajstić information content (AvgIpc) is 3.03. The van der Waals surface area contributed by atoms with Gasteiger partial charge in [0, 0.05) is 13.0 Å². The van der Waals surface area contributed by atoms with E-state index in [1.807, 2.05) is 30.3 Å². The normalized spacial score (nSPS) is 11.0. The Morgan fingerprint density at radius 1 is 1.11 bits per heavy atom. The van der Waals surface area contributed by atoms with Gasteiger partial charge in [-0.3, -0.25) is 4.79 Å². The Morgan fingerprint density at radius 2 is 1.82 bits per heavy atom. The second kappa shape index (κ2) is 9.75. The molecule has 0 aliphatic carbocycles. The van der Waals surface area contributed by atoms with Crippen molar-refractivity contribution in [1.82, 2.24) is 14.8 Å². The predicted molar refractivity (Wildman–Crippen MR) is 115 cm³/mol. The number of benzene rings is 2. The number of anilines is 1. The van der Waals surface area contributed by atoms with Gasteiger partial charge in [0.15, 0.2) is 5.16 Å². The Labute approximate surface area is 174 Å². The summed E-state index contributed by atoms with van der Waals surface area (Å²) in [5.74, 6) is 1.48. The first-order valence-corrected chi connectivity index (χ1v) is 10.5. The van der Waals surface area contributed by atoms with Gasteiger partial charge in [-0.25, -0.2) is 0 Å². The van der Waals surface area contributed by atoms with Crippen LogP contribution in [0.5, 0.6) is 0 Å².